The maximum atomic E-state index is 12.1. The molecule has 4 heteroatoms. The zero-order valence-electron chi connectivity index (χ0n) is 15.1. The van der Waals surface area contributed by atoms with Crippen LogP contribution in [0.5, 0.6) is 0 Å². The van der Waals surface area contributed by atoms with Crippen LogP contribution >= 0.6 is 0 Å². The van der Waals surface area contributed by atoms with Gasteiger partial charge in [0.1, 0.15) is 5.82 Å². The second-order valence-corrected chi connectivity index (χ2v) is 6.83. The van der Waals surface area contributed by atoms with Crippen LogP contribution in [0.4, 0.5) is 0 Å². The van der Waals surface area contributed by atoms with Crippen LogP contribution < -0.4 is 5.32 Å². The van der Waals surface area contributed by atoms with Gasteiger partial charge in [-0.05, 0) is 42.2 Å². The molecule has 0 aliphatic heterocycles. The Balaban J connectivity index is 1.56. The minimum atomic E-state index is 0.0795. The van der Waals surface area contributed by atoms with E-state index in [0.29, 0.717) is 18.9 Å². The van der Waals surface area contributed by atoms with E-state index in [9.17, 15) is 4.79 Å². The second kappa shape index (κ2) is 7.51. The number of benzene rings is 2. The van der Waals surface area contributed by atoms with Gasteiger partial charge in [0.25, 0.3) is 0 Å². The van der Waals surface area contributed by atoms with Crippen LogP contribution in [-0.2, 0) is 17.8 Å². The number of fused-ring (bicyclic) bond motifs is 1. The van der Waals surface area contributed by atoms with Crippen molar-refractivity contribution in [3.63, 3.8) is 0 Å². The fourth-order valence-corrected chi connectivity index (χ4v) is 2.85. The fourth-order valence-electron chi connectivity index (χ4n) is 2.85. The normalized spacial score (nSPS) is 11.2. The number of nitrogens with one attached hydrogen (secondary N) is 2. The summed E-state index contributed by atoms with van der Waals surface area (Å²) in [6, 6.07) is 14.3. The Morgan fingerprint density at radius 2 is 2.00 bits per heavy atom. The smallest absolute Gasteiger partial charge is 0.220 e. The molecule has 0 atom stereocenters. The summed E-state index contributed by atoms with van der Waals surface area (Å²) in [7, 11) is 0. The zero-order chi connectivity index (χ0) is 17.8. The minimum Gasteiger partial charge on any atom is -0.352 e. The highest BCUT2D eigenvalue weighted by Gasteiger charge is 2.08. The Morgan fingerprint density at radius 1 is 1.20 bits per heavy atom. The van der Waals surface area contributed by atoms with E-state index in [1.165, 1.54) is 5.56 Å². The molecule has 0 bridgehead atoms. The minimum absolute atomic E-state index is 0.0795. The predicted octanol–water partition coefficient (Wildman–Crippen LogP) is 4.24. The largest absolute Gasteiger partial charge is 0.352 e. The lowest BCUT2D eigenvalue weighted by molar-refractivity contribution is -0.121. The summed E-state index contributed by atoms with van der Waals surface area (Å²) in [5, 5.41) is 3.01. The van der Waals surface area contributed by atoms with Crippen LogP contribution in [0.15, 0.2) is 42.5 Å². The van der Waals surface area contributed by atoms with Crippen molar-refractivity contribution in [2.75, 3.05) is 0 Å². The number of amides is 1. The van der Waals surface area contributed by atoms with Gasteiger partial charge in [-0.1, -0.05) is 44.2 Å². The maximum Gasteiger partial charge on any atom is 0.220 e. The van der Waals surface area contributed by atoms with Crippen LogP contribution in [0.25, 0.3) is 11.0 Å². The summed E-state index contributed by atoms with van der Waals surface area (Å²) in [5.41, 5.74) is 5.54. The standard InChI is InChI=1S/C21H25N3O/c1-14(2)21-23-18-10-8-16(12-19(18)24-21)9-11-20(25)22-13-17-7-5-4-6-15(17)3/h4-8,10,12,14H,9,11,13H2,1-3H3,(H,22,25)(H,23,24). The first-order valence-electron chi connectivity index (χ1n) is 8.82. The van der Waals surface area contributed by atoms with E-state index in [0.717, 1.165) is 34.4 Å². The van der Waals surface area contributed by atoms with E-state index in [4.69, 9.17) is 0 Å². The van der Waals surface area contributed by atoms with Crippen LogP contribution in [0.3, 0.4) is 0 Å². The summed E-state index contributed by atoms with van der Waals surface area (Å²) < 4.78 is 0. The summed E-state index contributed by atoms with van der Waals surface area (Å²) in [4.78, 5) is 20.1. The van der Waals surface area contributed by atoms with Crippen LogP contribution in [0.1, 0.15) is 48.7 Å². The van der Waals surface area contributed by atoms with Crippen molar-refractivity contribution in [2.24, 2.45) is 0 Å². The number of H-pyrrole nitrogens is 1. The first-order valence-corrected chi connectivity index (χ1v) is 8.82. The molecule has 0 spiro atoms. The monoisotopic (exact) mass is 335 g/mol. The highest BCUT2D eigenvalue weighted by Crippen LogP contribution is 2.19. The predicted molar refractivity (Wildman–Crippen MR) is 102 cm³/mol. The highest BCUT2D eigenvalue weighted by atomic mass is 16.1. The molecule has 0 aliphatic rings. The Morgan fingerprint density at radius 3 is 2.76 bits per heavy atom. The van der Waals surface area contributed by atoms with E-state index in [-0.39, 0.29) is 5.91 Å². The number of imidazole rings is 1. The molecule has 4 nitrogen and oxygen atoms in total. The molecule has 0 radical (unpaired) electrons. The number of aryl methyl sites for hydroxylation is 2. The van der Waals surface area contributed by atoms with E-state index in [2.05, 4.69) is 54.3 Å². The molecule has 0 saturated carbocycles. The lowest BCUT2D eigenvalue weighted by Crippen LogP contribution is -2.23. The summed E-state index contributed by atoms with van der Waals surface area (Å²) in [5.74, 6) is 1.46. The summed E-state index contributed by atoms with van der Waals surface area (Å²) in [6.45, 7) is 6.89. The van der Waals surface area contributed by atoms with Crippen molar-refractivity contribution in [1.29, 1.82) is 0 Å². The zero-order valence-corrected chi connectivity index (χ0v) is 15.1. The Kier molecular flexibility index (Phi) is 5.17. The fraction of sp³-hybridized carbons (Fsp3) is 0.333. The Hall–Kier alpha value is -2.62. The topological polar surface area (TPSA) is 57.8 Å². The Labute approximate surface area is 148 Å². The molecule has 2 N–H and O–H groups in total. The van der Waals surface area contributed by atoms with Crippen LogP contribution in [0, 0.1) is 6.92 Å². The SMILES string of the molecule is Cc1ccccc1CNC(=O)CCc1ccc2nc(C(C)C)[nH]c2c1. The molecule has 1 heterocycles. The van der Waals surface area contributed by atoms with E-state index >= 15 is 0 Å². The van der Waals surface area contributed by atoms with Gasteiger partial charge < -0.3 is 10.3 Å². The third-order valence-corrected chi connectivity index (χ3v) is 4.49. The molecule has 1 aromatic heterocycles. The van der Waals surface area contributed by atoms with Crippen molar-refractivity contribution in [3.8, 4) is 0 Å². The molecule has 0 saturated heterocycles. The van der Waals surface area contributed by atoms with E-state index in [1.54, 1.807) is 0 Å². The molecule has 25 heavy (non-hydrogen) atoms. The molecule has 2 aromatic carbocycles. The van der Waals surface area contributed by atoms with Gasteiger partial charge in [0.05, 0.1) is 11.0 Å². The van der Waals surface area contributed by atoms with Crippen LogP contribution in [-0.4, -0.2) is 15.9 Å². The number of carbonyl (C=O) groups is 1. The number of rotatable bonds is 6. The van der Waals surface area contributed by atoms with Gasteiger partial charge >= 0.3 is 0 Å². The summed E-state index contributed by atoms with van der Waals surface area (Å²) >= 11 is 0. The average molecular weight is 335 g/mol. The molecule has 130 valence electrons. The number of aromatic amines is 1. The van der Waals surface area contributed by atoms with Gasteiger partial charge in [-0.25, -0.2) is 4.98 Å². The van der Waals surface area contributed by atoms with Crippen LogP contribution in [0.2, 0.25) is 0 Å². The average Bonchev–Trinajstić information content (AvgIpc) is 3.03. The Bertz CT molecular complexity index is 880. The van der Waals surface area contributed by atoms with Gasteiger partial charge in [-0.3, -0.25) is 4.79 Å². The highest BCUT2D eigenvalue weighted by molar-refractivity contribution is 5.78. The first kappa shape index (κ1) is 17.2. The molecule has 0 unspecified atom stereocenters. The molecular weight excluding hydrogens is 310 g/mol. The van der Waals surface area contributed by atoms with Crippen molar-refractivity contribution in [1.82, 2.24) is 15.3 Å². The van der Waals surface area contributed by atoms with Crippen molar-refractivity contribution < 1.29 is 4.79 Å². The molecule has 3 rings (SSSR count). The van der Waals surface area contributed by atoms with E-state index in [1.807, 2.05) is 24.3 Å². The lowest BCUT2D eigenvalue weighted by atomic mass is 10.1. The number of carbonyl (C=O) groups excluding carboxylic acids is 1. The summed E-state index contributed by atoms with van der Waals surface area (Å²) in [6.07, 6.45) is 1.22. The second-order valence-electron chi connectivity index (χ2n) is 6.83. The van der Waals surface area contributed by atoms with Crippen molar-refractivity contribution >= 4 is 16.9 Å². The van der Waals surface area contributed by atoms with Gasteiger partial charge in [0.15, 0.2) is 0 Å². The van der Waals surface area contributed by atoms with Gasteiger partial charge in [-0.15, -0.1) is 0 Å². The quantitative estimate of drug-likeness (QED) is 0.708. The third-order valence-electron chi connectivity index (χ3n) is 4.49. The molecule has 0 fully saturated rings. The van der Waals surface area contributed by atoms with Crippen molar-refractivity contribution in [2.45, 2.75) is 46.1 Å². The molecular formula is C21H25N3O. The third kappa shape index (κ3) is 4.27. The number of nitrogens with zero attached hydrogens (tertiary/aromatic N) is 1. The number of hydrogen-bond donors (Lipinski definition) is 2. The molecule has 1 amide bonds. The molecule has 3 aromatic rings. The number of hydrogen-bond acceptors (Lipinski definition) is 2. The van der Waals surface area contributed by atoms with E-state index < -0.39 is 0 Å². The van der Waals surface area contributed by atoms with Gasteiger partial charge in [0.2, 0.25) is 5.91 Å². The van der Waals surface area contributed by atoms with Gasteiger partial charge in [0, 0.05) is 18.9 Å². The molecule has 0 aliphatic carbocycles. The van der Waals surface area contributed by atoms with Crippen molar-refractivity contribution in [3.05, 3.63) is 65.0 Å². The lowest BCUT2D eigenvalue weighted by Gasteiger charge is -2.08. The number of aromatic nitrogens is 2. The van der Waals surface area contributed by atoms with Gasteiger partial charge in [-0.2, -0.15) is 0 Å². The maximum absolute atomic E-state index is 12.1. The first-order chi connectivity index (χ1) is 12.0.